The number of H-pyrrole nitrogens is 1. The van der Waals surface area contributed by atoms with Gasteiger partial charge >= 0.3 is 0 Å². The van der Waals surface area contributed by atoms with Gasteiger partial charge in [0.05, 0.1) is 12.7 Å². The molecule has 90 valence electrons. The number of hydrogen-bond donors (Lipinski definition) is 1. The number of aromatic amines is 1. The molecule has 18 heavy (non-hydrogen) atoms. The summed E-state index contributed by atoms with van der Waals surface area (Å²) in [6, 6.07) is 11.7. The van der Waals surface area contributed by atoms with Gasteiger partial charge in [-0.15, -0.1) is 0 Å². The fourth-order valence-electron chi connectivity index (χ4n) is 2.11. The molecule has 0 spiro atoms. The maximum Gasteiger partial charge on any atom is 0.249 e. The van der Waals surface area contributed by atoms with E-state index >= 15 is 0 Å². The molecule has 0 saturated carbocycles. The Balaban J connectivity index is 2.11. The third-order valence-electron chi connectivity index (χ3n) is 3.03. The molecule has 0 saturated heterocycles. The van der Waals surface area contributed by atoms with Gasteiger partial charge in [-0.25, -0.2) is 4.68 Å². The van der Waals surface area contributed by atoms with Crippen LogP contribution in [0.4, 0.5) is 0 Å². The lowest BCUT2D eigenvalue weighted by atomic mass is 10.2. The van der Waals surface area contributed by atoms with Gasteiger partial charge in [0.2, 0.25) is 5.56 Å². The van der Waals surface area contributed by atoms with E-state index in [4.69, 9.17) is 0 Å². The van der Waals surface area contributed by atoms with Gasteiger partial charge < -0.3 is 4.98 Å². The van der Waals surface area contributed by atoms with Gasteiger partial charge in [-0.1, -0.05) is 30.3 Å². The first-order valence-corrected chi connectivity index (χ1v) is 5.83. The second-order valence-electron chi connectivity index (χ2n) is 4.37. The fraction of sp³-hybridized carbons (Fsp3) is 0.143. The summed E-state index contributed by atoms with van der Waals surface area (Å²) < 4.78 is 1.82. The van der Waals surface area contributed by atoms with Gasteiger partial charge in [-0.3, -0.25) is 4.79 Å². The van der Waals surface area contributed by atoms with E-state index in [9.17, 15) is 4.79 Å². The molecule has 2 aromatic heterocycles. The second kappa shape index (κ2) is 4.14. The van der Waals surface area contributed by atoms with E-state index in [0.717, 1.165) is 22.2 Å². The minimum absolute atomic E-state index is 0.0881. The first kappa shape index (κ1) is 10.8. The largest absolute Gasteiger partial charge is 0.307 e. The maximum absolute atomic E-state index is 11.5. The predicted molar refractivity (Wildman–Crippen MR) is 70.6 cm³/mol. The molecule has 0 aliphatic carbocycles. The van der Waals surface area contributed by atoms with E-state index in [1.54, 1.807) is 12.3 Å². The Morgan fingerprint density at radius 3 is 2.83 bits per heavy atom. The molecule has 1 aromatic carbocycles. The fourth-order valence-corrected chi connectivity index (χ4v) is 2.11. The average molecular weight is 239 g/mol. The number of benzene rings is 1. The molecule has 4 nitrogen and oxygen atoms in total. The lowest BCUT2D eigenvalue weighted by Gasteiger charge is -2.03. The predicted octanol–water partition coefficient (Wildman–Crippen LogP) is 2.08. The summed E-state index contributed by atoms with van der Waals surface area (Å²) in [5, 5.41) is 5.33. The van der Waals surface area contributed by atoms with Crippen molar-refractivity contribution in [3.05, 3.63) is 64.1 Å². The molecule has 0 bridgehead atoms. The molecule has 3 rings (SSSR count). The summed E-state index contributed by atoms with van der Waals surface area (Å²) in [5.41, 5.74) is 2.80. The van der Waals surface area contributed by atoms with Crippen molar-refractivity contribution < 1.29 is 0 Å². The van der Waals surface area contributed by atoms with Crippen molar-refractivity contribution in [2.24, 2.45) is 0 Å². The molecule has 0 aliphatic rings. The molecular formula is C14H13N3O. The maximum atomic E-state index is 11.5. The molecule has 0 aliphatic heterocycles. The average Bonchev–Trinajstić information content (AvgIpc) is 2.74. The molecule has 2 heterocycles. The Morgan fingerprint density at radius 1 is 1.28 bits per heavy atom. The van der Waals surface area contributed by atoms with Crippen LogP contribution in [0.1, 0.15) is 11.1 Å². The highest BCUT2D eigenvalue weighted by Crippen LogP contribution is 2.14. The number of aryl methyl sites for hydroxylation is 1. The Kier molecular flexibility index (Phi) is 2.48. The van der Waals surface area contributed by atoms with Crippen molar-refractivity contribution in [1.29, 1.82) is 0 Å². The molecule has 0 unspecified atom stereocenters. The summed E-state index contributed by atoms with van der Waals surface area (Å²) in [7, 11) is 0. The quantitative estimate of drug-likeness (QED) is 0.744. The number of rotatable bonds is 2. The molecule has 0 amide bonds. The number of nitrogens with zero attached hydrogens (tertiary/aromatic N) is 2. The van der Waals surface area contributed by atoms with E-state index in [2.05, 4.69) is 10.1 Å². The number of fused-ring (bicyclic) bond motifs is 1. The van der Waals surface area contributed by atoms with E-state index < -0.39 is 0 Å². The highest BCUT2D eigenvalue weighted by Gasteiger charge is 2.06. The van der Waals surface area contributed by atoms with Gasteiger partial charge in [-0.05, 0) is 18.1 Å². The van der Waals surface area contributed by atoms with E-state index in [-0.39, 0.29) is 5.56 Å². The Hall–Kier alpha value is -2.36. The van der Waals surface area contributed by atoms with Crippen LogP contribution < -0.4 is 5.56 Å². The third-order valence-corrected chi connectivity index (χ3v) is 3.03. The number of aromatic nitrogens is 3. The van der Waals surface area contributed by atoms with Crippen molar-refractivity contribution in [3.63, 3.8) is 0 Å². The highest BCUT2D eigenvalue weighted by molar-refractivity contribution is 5.78. The van der Waals surface area contributed by atoms with Crippen molar-refractivity contribution in [2.45, 2.75) is 13.5 Å². The van der Waals surface area contributed by atoms with Crippen LogP contribution in [0.2, 0.25) is 0 Å². The molecule has 3 aromatic rings. The number of nitrogens with one attached hydrogen (secondary N) is 1. The van der Waals surface area contributed by atoms with Gasteiger partial charge in [0.15, 0.2) is 0 Å². The Labute approximate surface area is 104 Å². The third kappa shape index (κ3) is 1.82. The van der Waals surface area contributed by atoms with Crippen molar-refractivity contribution in [1.82, 2.24) is 14.8 Å². The molecule has 0 radical (unpaired) electrons. The standard InChI is InChI=1S/C14H13N3O/c1-10-7-13(18)16-14-12(10)8-15-17(14)9-11-5-3-2-4-6-11/h2-8H,9H2,1H3,(H,16,18). The molecule has 4 heteroatoms. The minimum atomic E-state index is -0.0881. The van der Waals surface area contributed by atoms with Crippen LogP contribution >= 0.6 is 0 Å². The zero-order chi connectivity index (χ0) is 12.5. The Bertz CT molecular complexity index is 741. The van der Waals surface area contributed by atoms with E-state index in [1.165, 1.54) is 0 Å². The van der Waals surface area contributed by atoms with Crippen molar-refractivity contribution in [2.75, 3.05) is 0 Å². The van der Waals surface area contributed by atoms with Gasteiger partial charge in [0, 0.05) is 11.5 Å². The van der Waals surface area contributed by atoms with Crippen LogP contribution in [0.3, 0.4) is 0 Å². The van der Waals surface area contributed by atoms with Gasteiger partial charge in [-0.2, -0.15) is 5.10 Å². The normalized spacial score (nSPS) is 10.9. The van der Waals surface area contributed by atoms with Crippen LogP contribution in [-0.2, 0) is 6.54 Å². The molecule has 1 N–H and O–H groups in total. The lowest BCUT2D eigenvalue weighted by molar-refractivity contribution is 0.703. The lowest BCUT2D eigenvalue weighted by Crippen LogP contribution is -2.09. The summed E-state index contributed by atoms with van der Waals surface area (Å²) in [5.74, 6) is 0. The van der Waals surface area contributed by atoms with Gasteiger partial charge in [0.1, 0.15) is 5.65 Å². The minimum Gasteiger partial charge on any atom is -0.307 e. The molecule has 0 atom stereocenters. The second-order valence-corrected chi connectivity index (χ2v) is 4.37. The van der Waals surface area contributed by atoms with Crippen molar-refractivity contribution in [3.8, 4) is 0 Å². The molecular weight excluding hydrogens is 226 g/mol. The highest BCUT2D eigenvalue weighted by atomic mass is 16.1. The van der Waals surface area contributed by atoms with Crippen LogP contribution in [0, 0.1) is 6.92 Å². The SMILES string of the molecule is Cc1cc(=O)[nH]c2c1cnn2Cc1ccccc1. The molecule has 0 fully saturated rings. The first-order chi connectivity index (χ1) is 8.74. The zero-order valence-corrected chi connectivity index (χ0v) is 10.1. The van der Waals surface area contributed by atoms with Crippen LogP contribution in [0.15, 0.2) is 47.4 Å². The van der Waals surface area contributed by atoms with E-state index in [1.807, 2.05) is 41.9 Å². The van der Waals surface area contributed by atoms with Crippen LogP contribution in [-0.4, -0.2) is 14.8 Å². The summed E-state index contributed by atoms with van der Waals surface area (Å²) in [6.07, 6.45) is 1.80. The number of pyridine rings is 1. The van der Waals surface area contributed by atoms with Crippen molar-refractivity contribution >= 4 is 11.0 Å². The topological polar surface area (TPSA) is 50.7 Å². The zero-order valence-electron chi connectivity index (χ0n) is 10.1. The van der Waals surface area contributed by atoms with E-state index in [0.29, 0.717) is 6.54 Å². The van der Waals surface area contributed by atoms with Gasteiger partial charge in [0.25, 0.3) is 0 Å². The van der Waals surface area contributed by atoms with Crippen LogP contribution in [0.5, 0.6) is 0 Å². The first-order valence-electron chi connectivity index (χ1n) is 5.83. The smallest absolute Gasteiger partial charge is 0.249 e. The number of hydrogen-bond acceptors (Lipinski definition) is 2. The summed E-state index contributed by atoms with van der Waals surface area (Å²) in [6.45, 7) is 2.58. The summed E-state index contributed by atoms with van der Waals surface area (Å²) in [4.78, 5) is 14.4. The summed E-state index contributed by atoms with van der Waals surface area (Å²) >= 11 is 0. The monoisotopic (exact) mass is 239 g/mol. The Morgan fingerprint density at radius 2 is 2.06 bits per heavy atom. The van der Waals surface area contributed by atoms with Crippen LogP contribution in [0.25, 0.3) is 11.0 Å².